The van der Waals surface area contributed by atoms with Gasteiger partial charge in [0, 0.05) is 69.7 Å². The van der Waals surface area contributed by atoms with Crippen molar-refractivity contribution in [3.05, 3.63) is 263 Å². The van der Waals surface area contributed by atoms with Gasteiger partial charge in [-0.1, -0.05) is 190 Å². The molecule has 0 radical (unpaired) electrons. The number of hydrogen-bond acceptors (Lipinski definition) is 2. The molecule has 328 valence electrons. The summed E-state index contributed by atoms with van der Waals surface area (Å²) in [4.78, 5) is 2.53. The van der Waals surface area contributed by atoms with Gasteiger partial charge >= 0.3 is 0 Å². The zero-order valence-corrected chi connectivity index (χ0v) is 38.6. The first kappa shape index (κ1) is 42.2. The molecule has 3 atom stereocenters. The van der Waals surface area contributed by atoms with Crippen LogP contribution in [-0.2, 0) is 5.41 Å². The largest absolute Gasteiger partial charge is 0.477 e. The van der Waals surface area contributed by atoms with Gasteiger partial charge in [0.05, 0.1) is 5.92 Å². The first-order valence-electron chi connectivity index (χ1n) is 24.0. The molecule has 0 saturated carbocycles. The monoisotopic (exact) mass is 869 g/mol. The Balaban J connectivity index is 1.04. The molecule has 11 rings (SSSR count). The van der Waals surface area contributed by atoms with Crippen LogP contribution in [0, 0.1) is 0 Å². The van der Waals surface area contributed by atoms with Crippen molar-refractivity contribution in [2.75, 3.05) is 0 Å². The van der Waals surface area contributed by atoms with E-state index < -0.39 is 0 Å². The van der Waals surface area contributed by atoms with E-state index in [1.165, 1.54) is 66.0 Å². The maximum atomic E-state index is 7.57. The number of unbranched alkanes of at least 4 members (excludes halogenated alkanes) is 1. The highest BCUT2D eigenvalue weighted by Crippen LogP contribution is 2.53. The van der Waals surface area contributed by atoms with E-state index in [1.807, 2.05) is 12.2 Å². The number of benzene rings is 6. The maximum Gasteiger partial charge on any atom is 0.228 e. The standard InChI is InChI=1S/C64H57N2O/c1-5-7-18-39-65(49-27-12-9-13-28-49)59-34-20-32-55-54-31-19-25-46-35-37-52(63(61(46)54)67-62(55)59)48-41-47-24-14-15-29-51(47)60(42-48)66(40-21-26-44(6-2)45-22-10-8-11-23-45)50-36-38-58-56(43-50)53-30-16-17-33-57(53)64(58,3)4/h5-6,8-17,19-35,37,39-41,43,48,55,62H,1-2,7,18,36,38,42H2,3-4H3/q+1/b40-21+,44-26+,65-39?. The minimum atomic E-state index is -0.216. The number of rotatable bonds is 12. The molecule has 0 aromatic heterocycles. The highest BCUT2D eigenvalue weighted by molar-refractivity contribution is 5.95. The highest BCUT2D eigenvalue weighted by Gasteiger charge is 2.42. The van der Waals surface area contributed by atoms with Gasteiger partial charge in [-0.05, 0) is 81.8 Å². The zero-order valence-electron chi connectivity index (χ0n) is 38.6. The van der Waals surface area contributed by atoms with Crippen LogP contribution in [-0.4, -0.2) is 21.8 Å². The van der Waals surface area contributed by atoms with Gasteiger partial charge in [0.25, 0.3) is 0 Å². The van der Waals surface area contributed by atoms with Gasteiger partial charge in [-0.15, -0.1) is 6.58 Å². The van der Waals surface area contributed by atoms with Crippen molar-refractivity contribution in [2.24, 2.45) is 0 Å². The van der Waals surface area contributed by atoms with Gasteiger partial charge in [0.1, 0.15) is 5.75 Å². The third-order valence-electron chi connectivity index (χ3n) is 14.7. The molecule has 67 heavy (non-hydrogen) atoms. The van der Waals surface area contributed by atoms with E-state index in [1.54, 1.807) is 0 Å². The van der Waals surface area contributed by atoms with Crippen LogP contribution in [0.1, 0.15) is 85.6 Å². The summed E-state index contributed by atoms with van der Waals surface area (Å²) in [6.07, 6.45) is 29.1. The lowest BCUT2D eigenvalue weighted by Crippen LogP contribution is -2.37. The third-order valence-corrected chi connectivity index (χ3v) is 14.7. The summed E-state index contributed by atoms with van der Waals surface area (Å²) in [7, 11) is 0. The van der Waals surface area contributed by atoms with Gasteiger partial charge in [-0.3, -0.25) is 0 Å². The molecule has 0 spiro atoms. The molecular weight excluding hydrogens is 813 g/mol. The molecule has 5 aliphatic rings. The van der Waals surface area contributed by atoms with E-state index in [4.69, 9.17) is 4.74 Å². The van der Waals surface area contributed by atoms with Gasteiger partial charge in [-0.25, -0.2) is 0 Å². The molecule has 1 aliphatic heterocycles. The number of ether oxygens (including phenoxy) is 1. The molecule has 3 nitrogen and oxygen atoms in total. The fraction of sp³-hybridized carbons (Fsp3) is 0.172. The van der Waals surface area contributed by atoms with Crippen molar-refractivity contribution < 1.29 is 9.31 Å². The SMILES string of the molecule is C=CCCC=[N+](C1=CC=CC2c3cccc4ccc(C5C=c6ccccc6=C(N(/C=C/C=C(\C=C)c6ccccc6)C6=CC7=C(CC6)C(C)(C)c6ccccc67)C5)c(c34)OC12)c1ccccc1. The van der Waals surface area contributed by atoms with Crippen molar-refractivity contribution in [1.82, 2.24) is 4.90 Å². The van der Waals surface area contributed by atoms with E-state index in [2.05, 4.69) is 231 Å². The topological polar surface area (TPSA) is 15.5 Å². The van der Waals surface area contributed by atoms with Crippen molar-refractivity contribution in [3.63, 3.8) is 0 Å². The maximum absolute atomic E-state index is 7.57. The summed E-state index contributed by atoms with van der Waals surface area (Å²) in [5.74, 6) is 1.11. The predicted molar refractivity (Wildman–Crippen MR) is 280 cm³/mol. The minimum Gasteiger partial charge on any atom is -0.477 e. The van der Waals surface area contributed by atoms with Crippen molar-refractivity contribution in [2.45, 2.75) is 69.3 Å². The van der Waals surface area contributed by atoms with Crippen LogP contribution in [0.15, 0.2) is 224 Å². The molecule has 4 aliphatic carbocycles. The van der Waals surface area contributed by atoms with Crippen LogP contribution in [0.25, 0.3) is 33.7 Å². The van der Waals surface area contributed by atoms with Gasteiger partial charge in [0.15, 0.2) is 12.3 Å². The summed E-state index contributed by atoms with van der Waals surface area (Å²) >= 11 is 0. The lowest BCUT2D eigenvalue weighted by atomic mass is 9.78. The lowest BCUT2D eigenvalue weighted by Gasteiger charge is -2.37. The number of nitrogens with zero attached hydrogens (tertiary/aromatic N) is 2. The summed E-state index contributed by atoms with van der Waals surface area (Å²) in [5.41, 5.74) is 15.3. The molecule has 3 heteroatoms. The second-order valence-corrected chi connectivity index (χ2v) is 18.8. The van der Waals surface area contributed by atoms with E-state index in [-0.39, 0.29) is 23.4 Å². The van der Waals surface area contributed by atoms with E-state index >= 15 is 0 Å². The molecule has 0 amide bonds. The molecule has 6 aromatic carbocycles. The molecule has 0 N–H and O–H groups in total. The average molecular weight is 870 g/mol. The average Bonchev–Trinajstić information content (AvgIpc) is 3.60. The van der Waals surface area contributed by atoms with Gasteiger partial charge in [0.2, 0.25) is 11.4 Å². The van der Waals surface area contributed by atoms with Crippen LogP contribution in [0.4, 0.5) is 5.69 Å². The van der Waals surface area contributed by atoms with Gasteiger partial charge in [-0.2, -0.15) is 4.58 Å². The second-order valence-electron chi connectivity index (χ2n) is 18.8. The summed E-state index contributed by atoms with van der Waals surface area (Å²) < 4.78 is 9.92. The number of hydrogen-bond donors (Lipinski definition) is 0. The van der Waals surface area contributed by atoms with E-state index in [9.17, 15) is 0 Å². The Morgan fingerprint density at radius 3 is 2.43 bits per heavy atom. The van der Waals surface area contributed by atoms with Crippen LogP contribution in [0.5, 0.6) is 5.75 Å². The Kier molecular flexibility index (Phi) is 11.2. The first-order chi connectivity index (χ1) is 32.9. The fourth-order valence-electron chi connectivity index (χ4n) is 11.4. The lowest BCUT2D eigenvalue weighted by molar-refractivity contribution is -0.392. The summed E-state index contributed by atoms with van der Waals surface area (Å²) in [6, 6.07) is 50.7. The van der Waals surface area contributed by atoms with Crippen molar-refractivity contribution >= 4 is 45.6 Å². The van der Waals surface area contributed by atoms with Crippen LogP contribution in [0.3, 0.4) is 0 Å². The second kappa shape index (κ2) is 17.7. The Hall–Kier alpha value is -7.49. The summed E-state index contributed by atoms with van der Waals surface area (Å²) in [5, 5.41) is 4.94. The molecule has 0 saturated heterocycles. The van der Waals surface area contributed by atoms with Crippen LogP contribution >= 0.6 is 0 Å². The Labute approximate surface area is 395 Å². The fourth-order valence-corrected chi connectivity index (χ4v) is 11.4. The Bertz CT molecular complexity index is 3320. The first-order valence-corrected chi connectivity index (χ1v) is 24.0. The Morgan fingerprint density at radius 2 is 1.60 bits per heavy atom. The smallest absolute Gasteiger partial charge is 0.228 e. The van der Waals surface area contributed by atoms with Crippen LogP contribution in [0.2, 0.25) is 0 Å². The van der Waals surface area contributed by atoms with Crippen molar-refractivity contribution in [3.8, 4) is 5.75 Å². The van der Waals surface area contributed by atoms with E-state index in [0.29, 0.717) is 0 Å². The molecule has 6 aromatic rings. The minimum absolute atomic E-state index is 0.00317. The molecular formula is C64H57N2O+. The highest BCUT2D eigenvalue weighted by atomic mass is 16.5. The Morgan fingerprint density at radius 1 is 0.806 bits per heavy atom. The number of fused-ring (bicyclic) bond motifs is 5. The van der Waals surface area contributed by atoms with Gasteiger partial charge < -0.3 is 9.64 Å². The molecule has 0 fully saturated rings. The van der Waals surface area contributed by atoms with Crippen molar-refractivity contribution in [1.29, 1.82) is 0 Å². The van der Waals surface area contributed by atoms with Crippen LogP contribution < -0.4 is 15.2 Å². The predicted octanol–water partition coefficient (Wildman–Crippen LogP) is 14.1. The normalized spacial score (nSPS) is 20.2. The molecule has 3 unspecified atom stereocenters. The molecule has 0 bridgehead atoms. The molecule has 1 heterocycles. The zero-order chi connectivity index (χ0) is 45.5. The number of para-hydroxylation sites is 1. The third kappa shape index (κ3) is 7.53. The van der Waals surface area contributed by atoms with E-state index in [0.717, 1.165) is 60.4 Å². The summed E-state index contributed by atoms with van der Waals surface area (Å²) in [6.45, 7) is 13.0. The quantitative estimate of drug-likeness (QED) is 0.0400. The number of allylic oxidation sites excluding steroid dienone is 11.